The molecular weight excluding hydrogens is 439 g/mol. The Balaban J connectivity index is 1.57. The van der Waals surface area contributed by atoms with Gasteiger partial charge in [-0.05, 0) is 37.6 Å². The van der Waals surface area contributed by atoms with Gasteiger partial charge in [0.2, 0.25) is 21.8 Å². The number of nitrogens with one attached hydrogen (secondary N) is 1. The van der Waals surface area contributed by atoms with Crippen molar-refractivity contribution in [1.29, 1.82) is 0 Å². The van der Waals surface area contributed by atoms with E-state index in [1.54, 1.807) is 23.1 Å². The van der Waals surface area contributed by atoms with Gasteiger partial charge in [-0.2, -0.15) is 4.31 Å². The van der Waals surface area contributed by atoms with Crippen LogP contribution in [0.2, 0.25) is 10.0 Å². The Hall–Kier alpha value is -1.39. The topological polar surface area (TPSA) is 90.0 Å². The van der Waals surface area contributed by atoms with Gasteiger partial charge < -0.3 is 10.2 Å². The maximum atomic E-state index is 12.7. The van der Waals surface area contributed by atoms with Gasteiger partial charge in [0.25, 0.3) is 0 Å². The van der Waals surface area contributed by atoms with Crippen molar-refractivity contribution in [3.05, 3.63) is 28.2 Å². The van der Waals surface area contributed by atoms with Crippen LogP contribution in [0.4, 0.5) is 5.69 Å². The van der Waals surface area contributed by atoms with E-state index in [9.17, 15) is 18.0 Å². The van der Waals surface area contributed by atoms with Gasteiger partial charge in [-0.15, -0.1) is 0 Å². The number of piperazine rings is 1. The fourth-order valence-electron chi connectivity index (χ4n) is 3.66. The van der Waals surface area contributed by atoms with Gasteiger partial charge in [-0.25, -0.2) is 8.42 Å². The standard InChI is InChI=1S/C18H24Cl2N4O4S/c1-29(27,28)24-9-7-22(8-10-24)17(25)12-23-6-2-3-16(23)18(26)21-15-11-13(19)4-5-14(15)20/h4-5,11,16H,2-3,6-10,12H2,1H3,(H,21,26). The van der Waals surface area contributed by atoms with E-state index >= 15 is 0 Å². The SMILES string of the molecule is CS(=O)(=O)N1CCN(C(=O)CN2CCCC2C(=O)Nc2cc(Cl)ccc2Cl)CC1. The largest absolute Gasteiger partial charge is 0.339 e. The first kappa shape index (κ1) is 22.3. The lowest BCUT2D eigenvalue weighted by Gasteiger charge is -2.34. The summed E-state index contributed by atoms with van der Waals surface area (Å²) in [6, 6.07) is 4.43. The molecule has 0 saturated carbocycles. The minimum absolute atomic E-state index is 0.0985. The Morgan fingerprint density at radius 2 is 1.83 bits per heavy atom. The van der Waals surface area contributed by atoms with E-state index in [4.69, 9.17) is 23.2 Å². The number of likely N-dealkylation sites (tertiary alicyclic amines) is 1. The maximum absolute atomic E-state index is 12.7. The van der Waals surface area contributed by atoms with Crippen LogP contribution in [0.1, 0.15) is 12.8 Å². The molecule has 2 fully saturated rings. The van der Waals surface area contributed by atoms with Gasteiger partial charge in [-0.1, -0.05) is 23.2 Å². The number of rotatable bonds is 5. The smallest absolute Gasteiger partial charge is 0.241 e. The summed E-state index contributed by atoms with van der Waals surface area (Å²) >= 11 is 12.1. The number of benzene rings is 1. The molecule has 29 heavy (non-hydrogen) atoms. The monoisotopic (exact) mass is 462 g/mol. The first-order valence-corrected chi connectivity index (χ1v) is 12.0. The Morgan fingerprint density at radius 1 is 1.14 bits per heavy atom. The molecule has 11 heteroatoms. The molecule has 2 aliphatic heterocycles. The molecule has 160 valence electrons. The second-order valence-electron chi connectivity index (χ2n) is 7.28. The second kappa shape index (κ2) is 9.18. The molecule has 0 radical (unpaired) electrons. The number of halogens is 2. The van der Waals surface area contributed by atoms with Crippen LogP contribution in [0.25, 0.3) is 0 Å². The van der Waals surface area contributed by atoms with Crippen molar-refractivity contribution in [2.45, 2.75) is 18.9 Å². The number of hydrogen-bond donors (Lipinski definition) is 1. The van der Waals surface area contributed by atoms with Gasteiger partial charge in [0.15, 0.2) is 0 Å². The average Bonchev–Trinajstić information content (AvgIpc) is 3.12. The zero-order valence-corrected chi connectivity index (χ0v) is 18.4. The van der Waals surface area contributed by atoms with Crippen LogP contribution >= 0.6 is 23.2 Å². The number of nitrogens with zero attached hydrogens (tertiary/aromatic N) is 3. The molecule has 0 spiro atoms. The lowest BCUT2D eigenvalue weighted by Crippen LogP contribution is -2.53. The first-order valence-electron chi connectivity index (χ1n) is 9.38. The van der Waals surface area contributed by atoms with E-state index in [1.165, 1.54) is 10.6 Å². The molecule has 1 atom stereocenters. The lowest BCUT2D eigenvalue weighted by molar-refractivity contribution is -0.134. The summed E-state index contributed by atoms with van der Waals surface area (Å²) in [5.41, 5.74) is 0.444. The quantitative estimate of drug-likeness (QED) is 0.715. The third-order valence-electron chi connectivity index (χ3n) is 5.25. The Morgan fingerprint density at radius 3 is 2.48 bits per heavy atom. The fourth-order valence-corrected chi connectivity index (χ4v) is 4.83. The van der Waals surface area contributed by atoms with Crippen molar-refractivity contribution >= 4 is 50.7 Å². The third-order valence-corrected chi connectivity index (χ3v) is 7.12. The first-order chi connectivity index (χ1) is 13.6. The van der Waals surface area contributed by atoms with E-state index in [0.29, 0.717) is 54.9 Å². The van der Waals surface area contributed by atoms with Crippen LogP contribution in [-0.4, -0.2) is 85.9 Å². The van der Waals surface area contributed by atoms with Crippen LogP contribution in [0.5, 0.6) is 0 Å². The number of amides is 2. The maximum Gasteiger partial charge on any atom is 0.241 e. The molecule has 2 amide bonds. The minimum Gasteiger partial charge on any atom is -0.339 e. The van der Waals surface area contributed by atoms with E-state index in [-0.39, 0.29) is 18.4 Å². The molecule has 2 aliphatic rings. The predicted octanol–water partition coefficient (Wildman–Crippen LogP) is 1.50. The van der Waals surface area contributed by atoms with Gasteiger partial charge in [0.05, 0.1) is 29.6 Å². The Kier molecular flexibility index (Phi) is 7.06. The van der Waals surface area contributed by atoms with E-state index in [2.05, 4.69) is 5.32 Å². The van der Waals surface area contributed by atoms with E-state index < -0.39 is 16.1 Å². The second-order valence-corrected chi connectivity index (χ2v) is 10.1. The molecule has 3 rings (SSSR count). The molecule has 1 unspecified atom stereocenters. The van der Waals surface area contributed by atoms with Crippen LogP contribution in [0, 0.1) is 0 Å². The van der Waals surface area contributed by atoms with Gasteiger partial charge >= 0.3 is 0 Å². The normalized spacial score (nSPS) is 21.3. The molecule has 0 bridgehead atoms. The van der Waals surface area contributed by atoms with Gasteiger partial charge in [0, 0.05) is 31.2 Å². The third kappa shape index (κ3) is 5.61. The highest BCUT2D eigenvalue weighted by Crippen LogP contribution is 2.27. The zero-order chi connectivity index (χ0) is 21.2. The molecule has 8 nitrogen and oxygen atoms in total. The summed E-state index contributed by atoms with van der Waals surface area (Å²) in [4.78, 5) is 28.9. The van der Waals surface area contributed by atoms with Crippen molar-refractivity contribution in [2.75, 3.05) is 50.8 Å². The van der Waals surface area contributed by atoms with Crippen molar-refractivity contribution in [1.82, 2.24) is 14.1 Å². The van der Waals surface area contributed by atoms with Crippen molar-refractivity contribution < 1.29 is 18.0 Å². The van der Waals surface area contributed by atoms with Gasteiger partial charge in [0.1, 0.15) is 0 Å². The van der Waals surface area contributed by atoms with Crippen LogP contribution in [0.3, 0.4) is 0 Å². The molecular formula is C18H24Cl2N4O4S. The molecule has 0 aromatic heterocycles. The molecule has 0 aliphatic carbocycles. The summed E-state index contributed by atoms with van der Waals surface area (Å²) in [6.45, 7) is 2.07. The van der Waals surface area contributed by atoms with Crippen LogP contribution < -0.4 is 5.32 Å². The fraction of sp³-hybridized carbons (Fsp3) is 0.556. The molecule has 2 saturated heterocycles. The van der Waals surface area contributed by atoms with Crippen molar-refractivity contribution in [2.24, 2.45) is 0 Å². The summed E-state index contributed by atoms with van der Waals surface area (Å²) in [6.07, 6.45) is 2.64. The Labute approximate surface area is 180 Å². The number of carbonyl (C=O) groups excluding carboxylic acids is 2. The number of hydrogen-bond acceptors (Lipinski definition) is 5. The van der Waals surface area contributed by atoms with Crippen LogP contribution in [0.15, 0.2) is 18.2 Å². The summed E-state index contributed by atoms with van der Waals surface area (Å²) in [5.74, 6) is -0.319. The van der Waals surface area contributed by atoms with E-state index in [0.717, 1.165) is 6.42 Å². The Bertz CT molecular complexity index is 888. The van der Waals surface area contributed by atoms with Crippen molar-refractivity contribution in [3.8, 4) is 0 Å². The highest BCUT2D eigenvalue weighted by atomic mass is 35.5. The molecule has 1 aromatic carbocycles. The van der Waals surface area contributed by atoms with Crippen molar-refractivity contribution in [3.63, 3.8) is 0 Å². The van der Waals surface area contributed by atoms with Gasteiger partial charge in [-0.3, -0.25) is 14.5 Å². The zero-order valence-electron chi connectivity index (χ0n) is 16.1. The van der Waals surface area contributed by atoms with Crippen LogP contribution in [-0.2, 0) is 19.6 Å². The molecule has 2 heterocycles. The lowest BCUT2D eigenvalue weighted by atomic mass is 10.2. The summed E-state index contributed by atoms with van der Waals surface area (Å²) in [5, 5.41) is 3.67. The highest BCUT2D eigenvalue weighted by Gasteiger charge is 2.34. The minimum atomic E-state index is -3.24. The summed E-state index contributed by atoms with van der Waals surface area (Å²) in [7, 11) is -3.24. The summed E-state index contributed by atoms with van der Waals surface area (Å²) < 4.78 is 24.6. The molecule has 1 N–H and O–H groups in total. The number of sulfonamides is 1. The van der Waals surface area contributed by atoms with E-state index in [1.807, 2.05) is 4.90 Å². The number of anilines is 1. The molecule has 1 aromatic rings. The predicted molar refractivity (Wildman–Crippen MR) is 113 cm³/mol. The highest BCUT2D eigenvalue weighted by molar-refractivity contribution is 7.88. The average molecular weight is 463 g/mol. The number of carbonyl (C=O) groups is 2.